The monoisotopic (exact) mass is 461 g/mol. The molecule has 1 aromatic carbocycles. The molecule has 0 fully saturated rings. The van der Waals surface area contributed by atoms with E-state index in [2.05, 4.69) is 22.0 Å². The van der Waals surface area contributed by atoms with E-state index < -0.39 is 5.97 Å². The summed E-state index contributed by atoms with van der Waals surface area (Å²) >= 11 is 0. The molecule has 0 spiro atoms. The van der Waals surface area contributed by atoms with Gasteiger partial charge in [-0.3, -0.25) is 9.59 Å². The molecule has 3 rings (SSSR count). The first-order valence-electron chi connectivity index (χ1n) is 11.6. The number of ketones is 1. The SMILES string of the molecule is [C-]#[N+]c1cnc2c(c1)c(C(=O)CC(C)CC(=O)O)c(CCCCOCCc1ccccc1)n2C. The van der Waals surface area contributed by atoms with Gasteiger partial charge in [-0.2, -0.15) is 0 Å². The molecular weight excluding hydrogens is 430 g/mol. The van der Waals surface area contributed by atoms with Gasteiger partial charge in [0.05, 0.1) is 13.2 Å². The summed E-state index contributed by atoms with van der Waals surface area (Å²) in [6.07, 6.45) is 4.86. The van der Waals surface area contributed by atoms with Crippen LogP contribution in [0.4, 0.5) is 5.69 Å². The van der Waals surface area contributed by atoms with Crippen molar-refractivity contribution in [3.05, 3.63) is 70.8 Å². The largest absolute Gasteiger partial charge is 0.481 e. The summed E-state index contributed by atoms with van der Waals surface area (Å²) in [6, 6.07) is 11.9. The zero-order chi connectivity index (χ0) is 24.5. The first-order chi connectivity index (χ1) is 16.4. The molecule has 0 saturated heterocycles. The summed E-state index contributed by atoms with van der Waals surface area (Å²) in [6.45, 7) is 10.4. The third kappa shape index (κ3) is 6.52. The molecule has 7 nitrogen and oxygen atoms in total. The number of carbonyl (C=O) groups excluding carboxylic acids is 1. The third-order valence-corrected chi connectivity index (χ3v) is 5.93. The van der Waals surface area contributed by atoms with Crippen molar-refractivity contribution in [3.63, 3.8) is 0 Å². The lowest BCUT2D eigenvalue weighted by atomic mass is 9.94. The second-order valence-corrected chi connectivity index (χ2v) is 8.69. The smallest absolute Gasteiger partial charge is 0.303 e. The predicted molar refractivity (Wildman–Crippen MR) is 131 cm³/mol. The van der Waals surface area contributed by atoms with E-state index in [0.29, 0.717) is 41.9 Å². The van der Waals surface area contributed by atoms with Crippen LogP contribution in [0, 0.1) is 12.5 Å². The number of benzene rings is 1. The zero-order valence-corrected chi connectivity index (χ0v) is 19.8. The number of pyridine rings is 1. The van der Waals surface area contributed by atoms with E-state index in [0.717, 1.165) is 25.0 Å². The molecule has 0 bridgehead atoms. The van der Waals surface area contributed by atoms with Crippen molar-refractivity contribution in [2.24, 2.45) is 13.0 Å². The number of fused-ring (bicyclic) bond motifs is 1. The second kappa shape index (κ2) is 12.1. The molecule has 1 N–H and O–H groups in total. The molecule has 34 heavy (non-hydrogen) atoms. The molecule has 2 aromatic heterocycles. The minimum atomic E-state index is -0.914. The highest BCUT2D eigenvalue weighted by atomic mass is 16.5. The number of carbonyl (C=O) groups is 2. The molecule has 7 heteroatoms. The van der Waals surface area contributed by atoms with Crippen LogP contribution in [0.2, 0.25) is 0 Å². The van der Waals surface area contributed by atoms with Crippen LogP contribution >= 0.6 is 0 Å². The van der Waals surface area contributed by atoms with Crippen LogP contribution in [0.5, 0.6) is 0 Å². The van der Waals surface area contributed by atoms with Crippen LogP contribution in [-0.2, 0) is 29.4 Å². The van der Waals surface area contributed by atoms with Crippen LogP contribution < -0.4 is 0 Å². The van der Waals surface area contributed by atoms with Crippen molar-refractivity contribution in [1.82, 2.24) is 9.55 Å². The first kappa shape index (κ1) is 25.1. The molecule has 0 aliphatic carbocycles. The van der Waals surface area contributed by atoms with Crippen molar-refractivity contribution in [3.8, 4) is 0 Å². The van der Waals surface area contributed by atoms with Crippen LogP contribution in [0.15, 0.2) is 42.6 Å². The fraction of sp³-hybridized carbons (Fsp3) is 0.407. The molecule has 178 valence electrons. The number of aliphatic carboxylic acids is 1. The number of unbranched alkanes of at least 4 members (excludes halogenated alkanes) is 1. The summed E-state index contributed by atoms with van der Waals surface area (Å²) in [5.41, 5.74) is 3.74. The Bertz CT molecular complexity index is 1180. The number of nitrogens with zero attached hydrogens (tertiary/aromatic N) is 3. The highest BCUT2D eigenvalue weighted by molar-refractivity contribution is 6.09. The standard InChI is InChI=1S/C27H31N3O4/c1-19(16-25(32)33)15-24(31)26-22-17-21(28-2)18-29-27(22)30(3)23(26)11-7-8-13-34-14-12-20-9-5-4-6-10-20/h4-6,9-10,17-19H,7-8,11-16H2,1,3H3,(H,32,33). The van der Waals surface area contributed by atoms with E-state index in [-0.39, 0.29) is 24.5 Å². The van der Waals surface area contributed by atoms with Gasteiger partial charge in [-0.05, 0) is 43.2 Å². The Labute approximate surface area is 200 Å². The minimum absolute atomic E-state index is 0.0578. The summed E-state index contributed by atoms with van der Waals surface area (Å²) in [5.74, 6) is -1.29. The Balaban J connectivity index is 1.67. The number of aryl methyl sites for hydroxylation is 1. The Hall–Kier alpha value is -3.50. The van der Waals surface area contributed by atoms with Crippen LogP contribution in [0.3, 0.4) is 0 Å². The number of rotatable bonds is 13. The Kier molecular flexibility index (Phi) is 8.94. The van der Waals surface area contributed by atoms with Gasteiger partial charge in [0, 0.05) is 49.3 Å². The summed E-state index contributed by atoms with van der Waals surface area (Å²) in [7, 11) is 1.88. The van der Waals surface area contributed by atoms with Gasteiger partial charge in [-0.1, -0.05) is 37.3 Å². The number of carboxylic acids is 1. The van der Waals surface area contributed by atoms with Crippen molar-refractivity contribution in [1.29, 1.82) is 0 Å². The summed E-state index contributed by atoms with van der Waals surface area (Å²) in [5, 5.41) is 9.73. The van der Waals surface area contributed by atoms with Crippen molar-refractivity contribution < 1.29 is 19.4 Å². The van der Waals surface area contributed by atoms with Crippen molar-refractivity contribution >= 4 is 28.5 Å². The molecule has 1 unspecified atom stereocenters. The quantitative estimate of drug-likeness (QED) is 0.210. The third-order valence-electron chi connectivity index (χ3n) is 5.93. The lowest BCUT2D eigenvalue weighted by molar-refractivity contribution is -0.137. The number of ether oxygens (including phenoxy) is 1. The maximum atomic E-state index is 13.3. The van der Waals surface area contributed by atoms with E-state index in [1.807, 2.05) is 29.8 Å². The Morgan fingerprint density at radius 2 is 1.91 bits per heavy atom. The Morgan fingerprint density at radius 1 is 1.15 bits per heavy atom. The normalized spacial score (nSPS) is 11.9. The lowest BCUT2D eigenvalue weighted by Crippen LogP contribution is -2.12. The minimum Gasteiger partial charge on any atom is -0.481 e. The van der Waals surface area contributed by atoms with Gasteiger partial charge in [0.2, 0.25) is 5.69 Å². The van der Waals surface area contributed by atoms with Crippen LogP contribution in [0.1, 0.15) is 54.2 Å². The van der Waals surface area contributed by atoms with Crippen LogP contribution in [0.25, 0.3) is 15.9 Å². The van der Waals surface area contributed by atoms with E-state index in [4.69, 9.17) is 16.4 Å². The van der Waals surface area contributed by atoms with Gasteiger partial charge in [0.25, 0.3) is 0 Å². The van der Waals surface area contributed by atoms with E-state index in [9.17, 15) is 9.59 Å². The maximum Gasteiger partial charge on any atom is 0.303 e. The van der Waals surface area contributed by atoms with Gasteiger partial charge < -0.3 is 14.4 Å². The molecule has 0 aliphatic heterocycles. The summed E-state index contributed by atoms with van der Waals surface area (Å²) in [4.78, 5) is 32.2. The second-order valence-electron chi connectivity index (χ2n) is 8.69. The molecule has 0 radical (unpaired) electrons. The fourth-order valence-corrected chi connectivity index (χ4v) is 4.24. The Morgan fingerprint density at radius 3 is 2.62 bits per heavy atom. The average molecular weight is 462 g/mol. The number of hydrogen-bond acceptors (Lipinski definition) is 4. The van der Waals surface area contributed by atoms with Gasteiger partial charge in [0.1, 0.15) is 5.65 Å². The van der Waals surface area contributed by atoms with Gasteiger partial charge in [0.15, 0.2) is 5.78 Å². The first-order valence-corrected chi connectivity index (χ1v) is 11.6. The number of carboxylic acid groups (broad SMARTS) is 1. The van der Waals surface area contributed by atoms with E-state index in [1.54, 1.807) is 13.0 Å². The highest BCUT2D eigenvalue weighted by Gasteiger charge is 2.24. The summed E-state index contributed by atoms with van der Waals surface area (Å²) < 4.78 is 7.71. The van der Waals surface area contributed by atoms with Crippen molar-refractivity contribution in [2.45, 2.75) is 45.4 Å². The predicted octanol–water partition coefficient (Wildman–Crippen LogP) is 5.39. The molecule has 3 aromatic rings. The molecule has 1 atom stereocenters. The fourth-order valence-electron chi connectivity index (χ4n) is 4.24. The van der Waals surface area contributed by atoms with Gasteiger partial charge >= 0.3 is 5.97 Å². The topological polar surface area (TPSA) is 85.8 Å². The maximum absolute atomic E-state index is 13.3. The molecule has 0 amide bonds. The van der Waals surface area contributed by atoms with Gasteiger partial charge in [-0.25, -0.2) is 9.83 Å². The van der Waals surface area contributed by atoms with Crippen LogP contribution in [-0.4, -0.2) is 39.6 Å². The molecule has 2 heterocycles. The zero-order valence-electron chi connectivity index (χ0n) is 19.8. The van der Waals surface area contributed by atoms with Crippen molar-refractivity contribution in [2.75, 3.05) is 13.2 Å². The van der Waals surface area contributed by atoms with Gasteiger partial charge in [-0.15, -0.1) is 0 Å². The number of aromatic nitrogens is 2. The van der Waals surface area contributed by atoms with E-state index >= 15 is 0 Å². The average Bonchev–Trinajstić information content (AvgIpc) is 3.09. The number of Topliss-reactive ketones (excluding diaryl/α,β-unsaturated/α-hetero) is 1. The number of hydrogen-bond donors (Lipinski definition) is 1. The van der Waals surface area contributed by atoms with E-state index in [1.165, 1.54) is 11.8 Å². The molecular formula is C27H31N3O4. The molecule has 0 saturated carbocycles. The highest BCUT2D eigenvalue weighted by Crippen LogP contribution is 2.30. The lowest BCUT2D eigenvalue weighted by Gasteiger charge is -2.11. The molecule has 0 aliphatic rings.